The Balaban J connectivity index is 1.56. The molecule has 7 heteroatoms. The van der Waals surface area contributed by atoms with Gasteiger partial charge in [-0.25, -0.2) is 15.8 Å². The molecule has 0 fully saturated rings. The molecule has 0 unspecified atom stereocenters. The van der Waals surface area contributed by atoms with Gasteiger partial charge in [-0.15, -0.1) is 0 Å². The van der Waals surface area contributed by atoms with Crippen LogP contribution in [0.3, 0.4) is 0 Å². The van der Waals surface area contributed by atoms with Crippen molar-refractivity contribution in [3.8, 4) is 11.1 Å². The number of rotatable bonds is 4. The van der Waals surface area contributed by atoms with Gasteiger partial charge in [-0.3, -0.25) is 0 Å². The number of anilines is 3. The molecule has 5 nitrogen and oxygen atoms in total. The van der Waals surface area contributed by atoms with Crippen LogP contribution in [0.2, 0.25) is 5.02 Å². The van der Waals surface area contributed by atoms with E-state index in [1.165, 1.54) is 0 Å². The number of benzene rings is 2. The first kappa shape index (κ1) is 15.8. The molecular weight excluding hydrogens is 354 g/mol. The van der Waals surface area contributed by atoms with Crippen LogP contribution in [0.1, 0.15) is 0 Å². The summed E-state index contributed by atoms with van der Waals surface area (Å²) in [5.41, 5.74) is 6.60. The van der Waals surface area contributed by atoms with E-state index in [9.17, 15) is 0 Å². The number of hydrazine groups is 1. The molecule has 2 heterocycles. The molecule has 2 aromatic heterocycles. The number of nitrogens with one attached hydrogen (secondary N) is 2. The molecule has 25 heavy (non-hydrogen) atoms. The lowest BCUT2D eigenvalue weighted by Crippen LogP contribution is -2.08. The van der Waals surface area contributed by atoms with Crippen LogP contribution < -0.4 is 16.6 Å². The minimum atomic E-state index is 0.632. The molecule has 4 rings (SSSR count). The Kier molecular flexibility index (Phi) is 4.23. The van der Waals surface area contributed by atoms with E-state index < -0.39 is 0 Å². The summed E-state index contributed by atoms with van der Waals surface area (Å²) in [4.78, 5) is 8.69. The first-order chi connectivity index (χ1) is 12.2. The highest BCUT2D eigenvalue weighted by molar-refractivity contribution is 7.22. The van der Waals surface area contributed by atoms with Crippen molar-refractivity contribution < 1.29 is 0 Å². The fourth-order valence-electron chi connectivity index (χ4n) is 2.51. The van der Waals surface area contributed by atoms with E-state index in [1.807, 2.05) is 54.6 Å². The molecule has 4 N–H and O–H groups in total. The predicted octanol–water partition coefficient (Wildman–Crippen LogP) is 5.04. The number of nitrogens with zero attached hydrogens (tertiary/aromatic N) is 2. The van der Waals surface area contributed by atoms with Crippen molar-refractivity contribution in [3.05, 3.63) is 65.8 Å². The summed E-state index contributed by atoms with van der Waals surface area (Å²) in [6.07, 6.45) is 1.73. The van der Waals surface area contributed by atoms with Crippen LogP contribution in [-0.4, -0.2) is 9.97 Å². The first-order valence-corrected chi connectivity index (χ1v) is 8.77. The van der Waals surface area contributed by atoms with Gasteiger partial charge in [0.15, 0.2) is 5.13 Å². The molecule has 0 amide bonds. The highest BCUT2D eigenvalue weighted by atomic mass is 35.5. The van der Waals surface area contributed by atoms with Crippen LogP contribution in [0, 0.1) is 0 Å². The van der Waals surface area contributed by atoms with Gasteiger partial charge in [0.1, 0.15) is 5.82 Å². The van der Waals surface area contributed by atoms with Gasteiger partial charge in [0.05, 0.1) is 10.2 Å². The van der Waals surface area contributed by atoms with Crippen molar-refractivity contribution in [2.24, 2.45) is 5.84 Å². The monoisotopic (exact) mass is 367 g/mol. The number of pyridine rings is 1. The zero-order chi connectivity index (χ0) is 17.2. The number of hydrogen-bond acceptors (Lipinski definition) is 6. The second-order valence-corrected chi connectivity index (χ2v) is 6.87. The predicted molar refractivity (Wildman–Crippen MR) is 105 cm³/mol. The van der Waals surface area contributed by atoms with E-state index in [2.05, 4.69) is 20.7 Å². The standard InChI is InChI=1S/C18H14ClN5S/c19-13-3-6-15-16(10-13)25-18(23-15)22-14-4-1-11(2-5-14)12-7-8-21-17(9-12)24-20/h1-10H,20H2,(H,21,24)(H,22,23). The molecule has 0 saturated carbocycles. The van der Waals surface area contributed by atoms with E-state index in [-0.39, 0.29) is 0 Å². The van der Waals surface area contributed by atoms with Crippen LogP contribution in [0.5, 0.6) is 0 Å². The van der Waals surface area contributed by atoms with Crippen molar-refractivity contribution in [2.75, 3.05) is 10.7 Å². The average Bonchev–Trinajstić information content (AvgIpc) is 3.03. The Hall–Kier alpha value is -2.67. The average molecular weight is 368 g/mol. The van der Waals surface area contributed by atoms with Crippen LogP contribution in [0.15, 0.2) is 60.8 Å². The summed E-state index contributed by atoms with van der Waals surface area (Å²) in [5.74, 6) is 6.04. The molecule has 0 spiro atoms. The van der Waals surface area contributed by atoms with Crippen molar-refractivity contribution in [1.82, 2.24) is 9.97 Å². The minimum absolute atomic E-state index is 0.632. The topological polar surface area (TPSA) is 75.9 Å². The molecule has 124 valence electrons. The quantitative estimate of drug-likeness (QED) is 0.348. The van der Waals surface area contributed by atoms with E-state index >= 15 is 0 Å². The smallest absolute Gasteiger partial charge is 0.188 e. The highest BCUT2D eigenvalue weighted by Gasteiger charge is 2.05. The first-order valence-electron chi connectivity index (χ1n) is 7.57. The second kappa shape index (κ2) is 6.68. The van der Waals surface area contributed by atoms with Crippen molar-refractivity contribution >= 4 is 49.8 Å². The van der Waals surface area contributed by atoms with Crippen molar-refractivity contribution in [3.63, 3.8) is 0 Å². The number of fused-ring (bicyclic) bond motifs is 1. The highest BCUT2D eigenvalue weighted by Crippen LogP contribution is 2.31. The van der Waals surface area contributed by atoms with Gasteiger partial charge in [-0.1, -0.05) is 35.1 Å². The Labute approximate surface area is 153 Å². The van der Waals surface area contributed by atoms with Crippen LogP contribution >= 0.6 is 22.9 Å². The van der Waals surface area contributed by atoms with Gasteiger partial charge in [-0.2, -0.15) is 0 Å². The molecule has 0 aliphatic rings. The molecule has 0 aliphatic carbocycles. The fraction of sp³-hybridized carbons (Fsp3) is 0. The van der Waals surface area contributed by atoms with Gasteiger partial charge in [0.2, 0.25) is 0 Å². The second-order valence-electron chi connectivity index (χ2n) is 5.41. The molecule has 4 aromatic rings. The molecule has 0 bridgehead atoms. The fourth-order valence-corrected chi connectivity index (χ4v) is 3.67. The number of hydrogen-bond donors (Lipinski definition) is 3. The van der Waals surface area contributed by atoms with E-state index in [0.29, 0.717) is 5.82 Å². The Bertz CT molecular complexity index is 1030. The van der Waals surface area contributed by atoms with Gasteiger partial charge >= 0.3 is 0 Å². The lowest BCUT2D eigenvalue weighted by Gasteiger charge is -2.06. The third kappa shape index (κ3) is 3.41. The zero-order valence-corrected chi connectivity index (χ0v) is 14.6. The van der Waals surface area contributed by atoms with E-state index in [0.717, 1.165) is 37.2 Å². The summed E-state index contributed by atoms with van der Waals surface area (Å²) in [7, 11) is 0. The van der Waals surface area contributed by atoms with Crippen LogP contribution in [-0.2, 0) is 0 Å². The molecule has 0 aliphatic heterocycles. The van der Waals surface area contributed by atoms with E-state index in [4.69, 9.17) is 17.4 Å². The van der Waals surface area contributed by atoms with Gasteiger partial charge < -0.3 is 10.7 Å². The van der Waals surface area contributed by atoms with Gasteiger partial charge in [-0.05, 0) is 53.6 Å². The summed E-state index contributed by atoms with van der Waals surface area (Å²) < 4.78 is 1.06. The molecule has 0 atom stereocenters. The minimum Gasteiger partial charge on any atom is -0.332 e. The van der Waals surface area contributed by atoms with Crippen LogP contribution in [0.25, 0.3) is 21.3 Å². The normalized spacial score (nSPS) is 10.8. The van der Waals surface area contributed by atoms with Crippen molar-refractivity contribution in [1.29, 1.82) is 0 Å². The maximum absolute atomic E-state index is 6.03. The number of halogens is 1. The Morgan fingerprint density at radius 1 is 0.960 bits per heavy atom. The number of thiazole rings is 1. The maximum Gasteiger partial charge on any atom is 0.188 e. The van der Waals surface area contributed by atoms with Gasteiger partial charge in [0, 0.05) is 16.9 Å². The molecule has 0 radical (unpaired) electrons. The van der Waals surface area contributed by atoms with Crippen molar-refractivity contribution in [2.45, 2.75) is 0 Å². The molecule has 2 aromatic carbocycles. The maximum atomic E-state index is 6.03. The summed E-state index contributed by atoms with van der Waals surface area (Å²) in [6.45, 7) is 0. The van der Waals surface area contributed by atoms with Crippen LogP contribution in [0.4, 0.5) is 16.6 Å². The third-order valence-electron chi connectivity index (χ3n) is 3.73. The number of nitrogen functional groups attached to an aromatic ring is 1. The summed E-state index contributed by atoms with van der Waals surface area (Å²) in [6, 6.07) is 17.7. The molecule has 0 saturated heterocycles. The Morgan fingerprint density at radius 3 is 2.60 bits per heavy atom. The Morgan fingerprint density at radius 2 is 1.80 bits per heavy atom. The SMILES string of the molecule is NNc1cc(-c2ccc(Nc3nc4ccc(Cl)cc4s3)cc2)ccn1. The lowest BCUT2D eigenvalue weighted by molar-refractivity contribution is 1.23. The zero-order valence-electron chi connectivity index (χ0n) is 13.0. The van der Waals surface area contributed by atoms with E-state index in [1.54, 1.807) is 17.5 Å². The summed E-state index contributed by atoms with van der Waals surface area (Å²) in [5, 5.41) is 4.89. The van der Waals surface area contributed by atoms with Gasteiger partial charge in [0.25, 0.3) is 0 Å². The third-order valence-corrected chi connectivity index (χ3v) is 4.90. The summed E-state index contributed by atoms with van der Waals surface area (Å²) >= 11 is 7.60. The molecular formula is C18H14ClN5S. The number of nitrogens with two attached hydrogens (primary N) is 1. The lowest BCUT2D eigenvalue weighted by atomic mass is 10.1. The number of aromatic nitrogens is 2. The largest absolute Gasteiger partial charge is 0.332 e.